The van der Waals surface area contributed by atoms with Crippen molar-refractivity contribution < 1.29 is 4.79 Å². The largest absolute Gasteiger partial charge is 0.367 e. The molecule has 3 heterocycles. The predicted octanol–water partition coefficient (Wildman–Crippen LogP) is 0.0653. The third-order valence-electron chi connectivity index (χ3n) is 4.80. The summed E-state index contributed by atoms with van der Waals surface area (Å²) in [4.78, 5) is 36.9. The van der Waals surface area contributed by atoms with Crippen molar-refractivity contribution in [3.63, 3.8) is 0 Å². The van der Waals surface area contributed by atoms with Crippen LogP contribution in [0.15, 0.2) is 46.6 Å². The van der Waals surface area contributed by atoms with E-state index in [9.17, 15) is 9.59 Å². The van der Waals surface area contributed by atoms with Crippen LogP contribution in [0.2, 0.25) is 0 Å². The van der Waals surface area contributed by atoms with Crippen molar-refractivity contribution in [2.24, 2.45) is 10.7 Å². The fourth-order valence-corrected chi connectivity index (χ4v) is 3.07. The first-order valence-electron chi connectivity index (χ1n) is 8.54. The molecule has 138 valence electrons. The fourth-order valence-electron chi connectivity index (χ4n) is 3.07. The van der Waals surface area contributed by atoms with E-state index in [0.717, 1.165) is 5.56 Å². The van der Waals surface area contributed by atoms with Crippen LogP contribution in [0.3, 0.4) is 0 Å². The summed E-state index contributed by atoms with van der Waals surface area (Å²) in [5.74, 6) is -0.0467. The third-order valence-corrected chi connectivity index (χ3v) is 4.80. The van der Waals surface area contributed by atoms with Crippen LogP contribution in [0.1, 0.15) is 11.6 Å². The van der Waals surface area contributed by atoms with E-state index in [0.29, 0.717) is 25.3 Å². The first-order chi connectivity index (χ1) is 12.5. The Morgan fingerprint density at radius 3 is 2.96 bits per heavy atom. The number of nitrogens with one attached hydrogen (secondary N) is 1. The van der Waals surface area contributed by atoms with Crippen molar-refractivity contribution in [3.05, 3.63) is 52.7 Å². The average molecular weight is 356 g/mol. The molecule has 1 aromatic heterocycles. The topological polar surface area (TPSA) is 98.0 Å². The van der Waals surface area contributed by atoms with Gasteiger partial charge in [-0.05, 0) is 11.6 Å². The number of likely N-dealkylation sites (tertiary alicyclic amines) is 1. The number of hydrogen-bond acceptors (Lipinski definition) is 6. The van der Waals surface area contributed by atoms with Crippen molar-refractivity contribution in [3.8, 4) is 0 Å². The summed E-state index contributed by atoms with van der Waals surface area (Å²) in [6.45, 7) is 1.52. The van der Waals surface area contributed by atoms with Crippen LogP contribution in [0.5, 0.6) is 0 Å². The molecule has 1 saturated heterocycles. The summed E-state index contributed by atoms with van der Waals surface area (Å²) in [5, 5.41) is 0. The van der Waals surface area contributed by atoms with Crippen LogP contribution >= 0.6 is 0 Å². The standard InChI is InChI=1S/C18H24N6O2/c1-22-7-6-20-10-16(22)13-8-15(18(26)21-9-13)23(2)14-11-24(12-14)17(25)4-3-5-19/h3-4,6-10,14,16H,5,11-12,19H2,1-2H3,(H,21,26)/b4-3+. The summed E-state index contributed by atoms with van der Waals surface area (Å²) in [6, 6.07) is 1.98. The molecule has 2 aliphatic rings. The Hall–Kier alpha value is -2.87. The smallest absolute Gasteiger partial charge is 0.271 e. The van der Waals surface area contributed by atoms with Crippen molar-refractivity contribution in [2.45, 2.75) is 12.1 Å². The Morgan fingerprint density at radius 1 is 1.50 bits per heavy atom. The summed E-state index contributed by atoms with van der Waals surface area (Å²) in [7, 11) is 3.85. The van der Waals surface area contributed by atoms with Crippen LogP contribution in [-0.2, 0) is 4.79 Å². The SMILES string of the molecule is CN1C=CN=CC1c1c[nH]c(=O)c(N(C)C2CN(C(=O)/C=C/CN)C2)c1. The highest BCUT2D eigenvalue weighted by Gasteiger charge is 2.33. The van der Waals surface area contributed by atoms with E-state index < -0.39 is 0 Å². The summed E-state index contributed by atoms with van der Waals surface area (Å²) in [5.41, 5.74) is 6.78. The number of carbonyl (C=O) groups is 1. The van der Waals surface area contributed by atoms with Crippen LogP contribution in [0.25, 0.3) is 0 Å². The Kier molecular flexibility index (Phi) is 5.22. The molecule has 1 amide bonds. The quantitative estimate of drug-likeness (QED) is 0.728. The number of hydrogen-bond donors (Lipinski definition) is 2. The van der Waals surface area contributed by atoms with Gasteiger partial charge in [-0.3, -0.25) is 14.6 Å². The number of amides is 1. The van der Waals surface area contributed by atoms with Crippen LogP contribution in [0.4, 0.5) is 5.69 Å². The highest BCUT2D eigenvalue weighted by atomic mass is 16.2. The van der Waals surface area contributed by atoms with Crippen LogP contribution in [-0.4, -0.2) is 66.7 Å². The number of carbonyl (C=O) groups excluding carboxylic acids is 1. The number of rotatable bonds is 5. The van der Waals surface area contributed by atoms with Gasteiger partial charge in [-0.15, -0.1) is 0 Å². The van der Waals surface area contributed by atoms with Gasteiger partial charge in [-0.2, -0.15) is 0 Å². The zero-order valence-electron chi connectivity index (χ0n) is 15.0. The zero-order chi connectivity index (χ0) is 18.7. The Balaban J connectivity index is 1.71. The summed E-state index contributed by atoms with van der Waals surface area (Å²) < 4.78 is 0. The Bertz CT molecular complexity index is 806. The van der Waals surface area contributed by atoms with Crippen LogP contribution in [0, 0.1) is 0 Å². The first kappa shape index (κ1) is 17.9. The minimum Gasteiger partial charge on any atom is -0.367 e. The van der Waals surface area contributed by atoms with E-state index in [1.807, 2.05) is 42.4 Å². The van der Waals surface area contributed by atoms with Crippen molar-refractivity contribution in [1.29, 1.82) is 0 Å². The van der Waals surface area contributed by atoms with Gasteiger partial charge in [0.15, 0.2) is 0 Å². The van der Waals surface area contributed by atoms with Gasteiger partial charge < -0.3 is 25.4 Å². The lowest BCUT2D eigenvalue weighted by molar-refractivity contribution is -0.130. The summed E-state index contributed by atoms with van der Waals surface area (Å²) >= 11 is 0. The monoisotopic (exact) mass is 356 g/mol. The van der Waals surface area contributed by atoms with Gasteiger partial charge >= 0.3 is 0 Å². The minimum atomic E-state index is -0.144. The Morgan fingerprint density at radius 2 is 2.27 bits per heavy atom. The molecule has 1 fully saturated rings. The molecule has 8 heteroatoms. The molecule has 1 atom stereocenters. The predicted molar refractivity (Wildman–Crippen MR) is 102 cm³/mol. The average Bonchev–Trinajstić information content (AvgIpc) is 2.59. The Labute approximate surface area is 152 Å². The molecule has 1 aromatic rings. The maximum absolute atomic E-state index is 12.3. The third kappa shape index (κ3) is 3.55. The number of anilines is 1. The van der Waals surface area contributed by atoms with Crippen LogP contribution < -0.4 is 16.2 Å². The normalized spacial score (nSPS) is 19.9. The molecule has 3 rings (SSSR count). The maximum Gasteiger partial charge on any atom is 0.271 e. The lowest BCUT2D eigenvalue weighted by Crippen LogP contribution is -2.60. The number of H-pyrrole nitrogens is 1. The number of pyridine rings is 1. The van der Waals surface area contributed by atoms with Crippen molar-refractivity contribution >= 4 is 17.8 Å². The molecule has 0 aliphatic carbocycles. The molecular weight excluding hydrogens is 332 g/mol. The van der Waals surface area contributed by atoms with E-state index in [1.165, 1.54) is 6.08 Å². The zero-order valence-corrected chi connectivity index (χ0v) is 15.0. The van der Waals surface area contributed by atoms with E-state index in [4.69, 9.17) is 5.73 Å². The maximum atomic E-state index is 12.3. The van der Waals surface area contributed by atoms with Crippen molar-refractivity contribution in [1.82, 2.24) is 14.8 Å². The lowest BCUT2D eigenvalue weighted by atomic mass is 10.0. The van der Waals surface area contributed by atoms with E-state index >= 15 is 0 Å². The second kappa shape index (κ2) is 7.57. The number of likely N-dealkylation sites (N-methyl/N-ethyl adjacent to an activating group) is 1. The van der Waals surface area contributed by atoms with Gasteiger partial charge in [0.05, 0.1) is 12.1 Å². The second-order valence-electron chi connectivity index (χ2n) is 6.50. The molecular formula is C18H24N6O2. The molecule has 0 bridgehead atoms. The fraction of sp³-hybridized carbons (Fsp3) is 0.389. The van der Waals surface area contributed by atoms with Gasteiger partial charge in [-0.1, -0.05) is 6.08 Å². The molecule has 0 spiro atoms. The van der Waals surface area contributed by atoms with Gasteiger partial charge in [0, 0.05) is 64.6 Å². The highest BCUT2D eigenvalue weighted by molar-refractivity contribution is 5.88. The number of nitrogens with zero attached hydrogens (tertiary/aromatic N) is 4. The number of aromatic amines is 1. The number of aromatic nitrogens is 1. The van der Waals surface area contributed by atoms with Gasteiger partial charge in [0.1, 0.15) is 5.69 Å². The molecule has 8 nitrogen and oxygen atoms in total. The second-order valence-corrected chi connectivity index (χ2v) is 6.50. The van der Waals surface area contributed by atoms with Gasteiger partial charge in [-0.25, -0.2) is 0 Å². The molecule has 0 saturated carbocycles. The number of aliphatic imine (C=N–C) groups is 1. The van der Waals surface area contributed by atoms with E-state index in [-0.39, 0.29) is 23.6 Å². The summed E-state index contributed by atoms with van der Waals surface area (Å²) in [6.07, 6.45) is 10.3. The van der Waals surface area contributed by atoms with E-state index in [2.05, 4.69) is 9.98 Å². The first-order valence-corrected chi connectivity index (χ1v) is 8.54. The molecule has 1 unspecified atom stereocenters. The highest BCUT2D eigenvalue weighted by Crippen LogP contribution is 2.24. The van der Waals surface area contributed by atoms with Gasteiger partial charge in [0.25, 0.3) is 5.56 Å². The number of nitrogens with two attached hydrogens (primary N) is 1. The molecule has 2 aliphatic heterocycles. The molecule has 0 radical (unpaired) electrons. The van der Waals surface area contributed by atoms with Crippen molar-refractivity contribution in [2.75, 3.05) is 38.6 Å². The van der Waals surface area contributed by atoms with Gasteiger partial charge in [0.2, 0.25) is 5.91 Å². The minimum absolute atomic E-state index is 0.0233. The molecule has 0 aromatic carbocycles. The molecule has 3 N–H and O–H groups in total. The molecule has 26 heavy (non-hydrogen) atoms. The van der Waals surface area contributed by atoms with E-state index in [1.54, 1.807) is 23.4 Å². The lowest BCUT2D eigenvalue weighted by Gasteiger charge is -2.44.